The smallest absolute Gasteiger partial charge is 0.320 e. The van der Waals surface area contributed by atoms with Crippen LogP contribution in [0.25, 0.3) is 0 Å². The van der Waals surface area contributed by atoms with Crippen molar-refractivity contribution in [3.63, 3.8) is 0 Å². The van der Waals surface area contributed by atoms with Crippen LogP contribution in [0.2, 0.25) is 0 Å². The minimum atomic E-state index is -0.495. The van der Waals surface area contributed by atoms with Crippen molar-refractivity contribution in [3.8, 4) is 0 Å². The highest BCUT2D eigenvalue weighted by molar-refractivity contribution is 5.77. The molecule has 1 unspecified atom stereocenters. The zero-order valence-electron chi connectivity index (χ0n) is 11.0. The Labute approximate surface area is 111 Å². The highest BCUT2D eigenvalue weighted by Gasteiger charge is 2.36. The van der Waals surface area contributed by atoms with E-state index in [0.29, 0.717) is 19.6 Å². The van der Waals surface area contributed by atoms with Crippen LogP contribution < -0.4 is 5.32 Å². The molecule has 1 fully saturated rings. The Bertz CT molecular complexity index is 481. The summed E-state index contributed by atoms with van der Waals surface area (Å²) in [6.07, 6.45) is 0. The summed E-state index contributed by atoms with van der Waals surface area (Å²) >= 11 is 0. The van der Waals surface area contributed by atoms with Crippen LogP contribution in [0, 0.1) is 11.6 Å². The maximum absolute atomic E-state index is 13.8. The van der Waals surface area contributed by atoms with Gasteiger partial charge in [-0.05, 0) is 25.2 Å². The number of carbonyl (C=O) groups is 1. The van der Waals surface area contributed by atoms with E-state index >= 15 is 0 Å². The molecule has 1 saturated heterocycles. The van der Waals surface area contributed by atoms with Gasteiger partial charge in [0, 0.05) is 32.2 Å². The Hall–Kier alpha value is -1.69. The van der Waals surface area contributed by atoms with Gasteiger partial charge in [0.1, 0.15) is 11.6 Å². The average Bonchev–Trinajstić information content (AvgIpc) is 2.67. The Balaban J connectivity index is 2.21. The molecule has 1 aliphatic rings. The topological polar surface area (TPSA) is 35.6 Å². The van der Waals surface area contributed by atoms with E-state index in [-0.39, 0.29) is 11.6 Å². The van der Waals surface area contributed by atoms with Crippen molar-refractivity contribution < 1.29 is 13.6 Å². The highest BCUT2D eigenvalue weighted by Crippen LogP contribution is 2.29. The standard InChI is InChI=1S/C13H17F2N3O/c1-16-5-6-18-8-12(17(2)13(18)19)10-7-9(14)3-4-11(10)15/h3-4,7,12,16H,5-6,8H2,1-2H3. The molecule has 0 aromatic heterocycles. The van der Waals surface area contributed by atoms with Gasteiger partial charge in [-0.15, -0.1) is 0 Å². The van der Waals surface area contributed by atoms with E-state index in [9.17, 15) is 13.6 Å². The second-order valence-corrected chi connectivity index (χ2v) is 4.62. The lowest BCUT2D eigenvalue weighted by atomic mass is 10.1. The van der Waals surface area contributed by atoms with E-state index in [0.717, 1.165) is 18.2 Å². The van der Waals surface area contributed by atoms with Gasteiger partial charge >= 0.3 is 6.03 Å². The third kappa shape index (κ3) is 2.68. The lowest BCUT2D eigenvalue weighted by Gasteiger charge is -2.18. The number of likely N-dealkylation sites (N-methyl/N-ethyl adjacent to an activating group) is 2. The van der Waals surface area contributed by atoms with Crippen molar-refractivity contribution >= 4 is 6.03 Å². The van der Waals surface area contributed by atoms with Gasteiger partial charge in [0.2, 0.25) is 0 Å². The SMILES string of the molecule is CNCCN1CC(c2cc(F)ccc2F)N(C)C1=O. The van der Waals surface area contributed by atoms with Crippen LogP contribution in [0.5, 0.6) is 0 Å². The predicted molar refractivity (Wildman–Crippen MR) is 67.8 cm³/mol. The normalized spacial score (nSPS) is 19.4. The Morgan fingerprint density at radius 3 is 2.84 bits per heavy atom. The van der Waals surface area contributed by atoms with Gasteiger partial charge in [-0.25, -0.2) is 13.6 Å². The summed E-state index contributed by atoms with van der Waals surface area (Å²) in [6, 6.07) is 2.72. The number of nitrogens with one attached hydrogen (secondary N) is 1. The molecule has 0 radical (unpaired) electrons. The summed E-state index contributed by atoms with van der Waals surface area (Å²) in [4.78, 5) is 15.1. The van der Waals surface area contributed by atoms with E-state index in [1.165, 1.54) is 4.90 Å². The van der Waals surface area contributed by atoms with Crippen LogP contribution in [-0.2, 0) is 0 Å². The van der Waals surface area contributed by atoms with Crippen LogP contribution in [-0.4, -0.2) is 49.6 Å². The molecule has 2 amide bonds. The van der Waals surface area contributed by atoms with Crippen LogP contribution in [0.15, 0.2) is 18.2 Å². The summed E-state index contributed by atoms with van der Waals surface area (Å²) in [5.41, 5.74) is 0.225. The average molecular weight is 269 g/mol. The first-order chi connectivity index (χ1) is 9.04. The van der Waals surface area contributed by atoms with Crippen molar-refractivity contribution in [1.29, 1.82) is 0 Å². The van der Waals surface area contributed by atoms with Gasteiger partial charge < -0.3 is 15.1 Å². The summed E-state index contributed by atoms with van der Waals surface area (Å²) < 4.78 is 27.0. The van der Waals surface area contributed by atoms with Crippen molar-refractivity contribution in [2.24, 2.45) is 0 Å². The Morgan fingerprint density at radius 1 is 1.42 bits per heavy atom. The third-order valence-corrected chi connectivity index (χ3v) is 3.38. The van der Waals surface area contributed by atoms with Crippen LogP contribution in [0.3, 0.4) is 0 Å². The number of benzene rings is 1. The largest absolute Gasteiger partial charge is 0.321 e. The molecule has 0 saturated carbocycles. The fourth-order valence-corrected chi connectivity index (χ4v) is 2.28. The maximum atomic E-state index is 13.8. The van der Waals surface area contributed by atoms with E-state index in [4.69, 9.17) is 0 Å². The number of urea groups is 1. The monoisotopic (exact) mass is 269 g/mol. The zero-order valence-corrected chi connectivity index (χ0v) is 11.0. The van der Waals surface area contributed by atoms with Gasteiger partial charge in [-0.2, -0.15) is 0 Å². The molecule has 6 heteroatoms. The first kappa shape index (κ1) is 13.7. The summed E-state index contributed by atoms with van der Waals surface area (Å²) in [6.45, 7) is 1.59. The molecular formula is C13H17F2N3O. The maximum Gasteiger partial charge on any atom is 0.320 e. The molecule has 19 heavy (non-hydrogen) atoms. The molecule has 104 valence electrons. The minimum Gasteiger partial charge on any atom is -0.321 e. The number of rotatable bonds is 4. The molecule has 0 spiro atoms. The predicted octanol–water partition coefficient (Wildman–Crippen LogP) is 1.59. The van der Waals surface area contributed by atoms with Crippen LogP contribution in [0.4, 0.5) is 13.6 Å². The molecule has 1 N–H and O–H groups in total. The van der Waals surface area contributed by atoms with E-state index in [2.05, 4.69) is 5.32 Å². The summed E-state index contributed by atoms with van der Waals surface area (Å²) in [5, 5.41) is 2.96. The Kier molecular flexibility index (Phi) is 3.99. The molecule has 1 atom stereocenters. The van der Waals surface area contributed by atoms with E-state index < -0.39 is 17.7 Å². The Morgan fingerprint density at radius 2 is 2.16 bits per heavy atom. The van der Waals surface area contributed by atoms with Gasteiger partial charge in [0.05, 0.1) is 6.04 Å². The lowest BCUT2D eigenvalue weighted by molar-refractivity contribution is 0.195. The zero-order chi connectivity index (χ0) is 14.0. The first-order valence-corrected chi connectivity index (χ1v) is 6.16. The fourth-order valence-electron chi connectivity index (χ4n) is 2.28. The second-order valence-electron chi connectivity index (χ2n) is 4.62. The number of carbonyl (C=O) groups excluding carboxylic acids is 1. The number of halogens is 2. The van der Waals surface area contributed by atoms with Crippen molar-refractivity contribution in [2.75, 3.05) is 33.7 Å². The molecule has 1 heterocycles. The molecule has 1 aromatic carbocycles. The molecule has 0 bridgehead atoms. The van der Waals surface area contributed by atoms with Gasteiger partial charge in [-0.1, -0.05) is 0 Å². The second kappa shape index (κ2) is 5.52. The van der Waals surface area contributed by atoms with Crippen molar-refractivity contribution in [3.05, 3.63) is 35.4 Å². The van der Waals surface area contributed by atoms with Crippen molar-refractivity contribution in [1.82, 2.24) is 15.1 Å². The van der Waals surface area contributed by atoms with E-state index in [1.807, 2.05) is 0 Å². The molecule has 0 aliphatic carbocycles. The summed E-state index contributed by atoms with van der Waals surface area (Å²) in [7, 11) is 3.41. The van der Waals surface area contributed by atoms with Crippen LogP contribution >= 0.6 is 0 Å². The molecule has 1 aromatic rings. The molecule has 1 aliphatic heterocycles. The van der Waals surface area contributed by atoms with Crippen LogP contribution in [0.1, 0.15) is 11.6 Å². The van der Waals surface area contributed by atoms with E-state index in [1.54, 1.807) is 19.0 Å². The molecule has 2 rings (SSSR count). The number of hydrogen-bond acceptors (Lipinski definition) is 2. The first-order valence-electron chi connectivity index (χ1n) is 6.16. The highest BCUT2D eigenvalue weighted by atomic mass is 19.1. The molecule has 4 nitrogen and oxygen atoms in total. The van der Waals surface area contributed by atoms with Crippen molar-refractivity contribution in [2.45, 2.75) is 6.04 Å². The number of amides is 2. The van der Waals surface area contributed by atoms with Gasteiger partial charge in [-0.3, -0.25) is 0 Å². The number of hydrogen-bond donors (Lipinski definition) is 1. The van der Waals surface area contributed by atoms with Gasteiger partial charge in [0.25, 0.3) is 0 Å². The molecular weight excluding hydrogens is 252 g/mol. The number of nitrogens with zero attached hydrogens (tertiary/aromatic N) is 2. The lowest BCUT2D eigenvalue weighted by Crippen LogP contribution is -2.34. The minimum absolute atomic E-state index is 0.163. The van der Waals surface area contributed by atoms with Gasteiger partial charge in [0.15, 0.2) is 0 Å². The summed E-state index contributed by atoms with van der Waals surface area (Å²) in [5.74, 6) is -0.979. The third-order valence-electron chi connectivity index (χ3n) is 3.38. The fraction of sp³-hybridized carbons (Fsp3) is 0.462. The quantitative estimate of drug-likeness (QED) is 0.901.